The number of amides is 5. The molecule has 1 aromatic heterocycles. The van der Waals surface area contributed by atoms with Crippen molar-refractivity contribution in [3.63, 3.8) is 0 Å². The minimum absolute atomic E-state index is 0.359. The van der Waals surface area contributed by atoms with Crippen LogP contribution in [0.3, 0.4) is 0 Å². The highest BCUT2D eigenvalue weighted by Crippen LogP contribution is 2.30. The van der Waals surface area contributed by atoms with Gasteiger partial charge in [-0.15, -0.1) is 0 Å². The second-order valence-electron chi connectivity index (χ2n) is 4.71. The molecule has 1 saturated heterocycles. The van der Waals surface area contributed by atoms with Crippen LogP contribution in [0.5, 0.6) is 5.88 Å². The Hall–Kier alpha value is -2.49. The van der Waals surface area contributed by atoms with Crippen molar-refractivity contribution in [2.45, 2.75) is 6.92 Å². The van der Waals surface area contributed by atoms with Crippen LogP contribution in [0.1, 0.15) is 5.56 Å². The molecule has 0 spiro atoms. The lowest BCUT2D eigenvalue weighted by Crippen LogP contribution is -2.38. The van der Waals surface area contributed by atoms with E-state index in [1.165, 1.54) is 20.4 Å². The number of urea groups is 1. The first-order chi connectivity index (χ1) is 10.8. The van der Waals surface area contributed by atoms with Crippen LogP contribution in [-0.2, 0) is 14.4 Å². The second kappa shape index (κ2) is 6.32. The number of methoxy groups -OCH3 is 1. The van der Waals surface area contributed by atoms with Crippen molar-refractivity contribution < 1.29 is 23.9 Å². The number of hydrogen-bond donors (Lipinski definition) is 1. The smallest absolute Gasteiger partial charge is 0.334 e. The largest absolute Gasteiger partial charge is 0.480 e. The zero-order chi connectivity index (χ0) is 17.3. The summed E-state index contributed by atoms with van der Waals surface area (Å²) in [5.74, 6) is -2.26. The number of aromatic nitrogens is 1. The quantitative estimate of drug-likeness (QED) is 0.598. The van der Waals surface area contributed by atoms with Gasteiger partial charge in [0, 0.05) is 7.05 Å². The Bertz CT molecular complexity index is 721. The number of nitrogens with zero attached hydrogens (tertiary/aromatic N) is 3. The second-order valence-corrected chi connectivity index (χ2v) is 5.50. The minimum Gasteiger partial charge on any atom is -0.480 e. The van der Waals surface area contributed by atoms with Crippen LogP contribution in [0.2, 0.25) is 0 Å². The maximum Gasteiger partial charge on any atom is 0.334 e. The Kier molecular flexibility index (Phi) is 4.64. The van der Waals surface area contributed by atoms with Crippen molar-refractivity contribution in [3.8, 4) is 5.88 Å². The lowest BCUT2D eigenvalue weighted by Gasteiger charge is -2.14. The first kappa shape index (κ1) is 16.9. The third-order valence-electron chi connectivity index (χ3n) is 3.25. The van der Waals surface area contributed by atoms with Gasteiger partial charge in [0.1, 0.15) is 6.54 Å². The lowest BCUT2D eigenvalue weighted by atomic mass is 10.2. The average molecular weight is 385 g/mol. The van der Waals surface area contributed by atoms with E-state index in [-0.39, 0.29) is 0 Å². The molecule has 1 aromatic rings. The fourth-order valence-electron chi connectivity index (χ4n) is 1.91. The van der Waals surface area contributed by atoms with E-state index in [1.807, 2.05) is 0 Å². The Morgan fingerprint density at radius 3 is 2.52 bits per heavy atom. The van der Waals surface area contributed by atoms with Gasteiger partial charge >= 0.3 is 17.8 Å². The number of nitrogens with one attached hydrogen (secondary N) is 1. The Balaban J connectivity index is 2.12. The van der Waals surface area contributed by atoms with Crippen LogP contribution in [0.4, 0.5) is 10.5 Å². The third kappa shape index (κ3) is 3.02. The summed E-state index contributed by atoms with van der Waals surface area (Å²) in [4.78, 5) is 52.0. The predicted octanol–water partition coefficient (Wildman–Crippen LogP) is 0.520. The van der Waals surface area contributed by atoms with Gasteiger partial charge in [0.15, 0.2) is 0 Å². The Labute approximate surface area is 139 Å². The summed E-state index contributed by atoms with van der Waals surface area (Å²) in [6.45, 7) is 1.17. The van der Waals surface area contributed by atoms with Gasteiger partial charge in [0.2, 0.25) is 11.8 Å². The van der Waals surface area contributed by atoms with Gasteiger partial charge in [-0.1, -0.05) is 0 Å². The molecule has 2 rings (SSSR count). The van der Waals surface area contributed by atoms with E-state index in [1.54, 1.807) is 6.92 Å². The highest BCUT2D eigenvalue weighted by atomic mass is 79.9. The van der Waals surface area contributed by atoms with E-state index in [9.17, 15) is 19.2 Å². The average Bonchev–Trinajstić information content (AvgIpc) is 2.70. The van der Waals surface area contributed by atoms with Gasteiger partial charge in [-0.2, -0.15) is 0 Å². The molecule has 9 nitrogen and oxygen atoms in total. The molecule has 2 heterocycles. The number of ether oxygens (including phenoxy) is 1. The van der Waals surface area contributed by atoms with Crippen LogP contribution in [0.15, 0.2) is 10.7 Å². The Morgan fingerprint density at radius 1 is 1.35 bits per heavy atom. The molecule has 1 fully saturated rings. The minimum atomic E-state index is -1.03. The molecule has 0 radical (unpaired) electrons. The fourth-order valence-corrected chi connectivity index (χ4v) is 2.39. The molecule has 23 heavy (non-hydrogen) atoms. The molecule has 1 aliphatic heterocycles. The molecule has 0 aromatic carbocycles. The number of pyridine rings is 1. The summed E-state index contributed by atoms with van der Waals surface area (Å²) in [5.41, 5.74) is 1.05. The molecule has 10 heteroatoms. The predicted molar refractivity (Wildman–Crippen MR) is 81.7 cm³/mol. The molecule has 122 valence electrons. The lowest BCUT2D eigenvalue weighted by molar-refractivity contribution is -0.143. The van der Waals surface area contributed by atoms with Crippen LogP contribution in [-0.4, -0.2) is 59.2 Å². The number of hydrogen-bond acceptors (Lipinski definition) is 6. The molecule has 0 bridgehead atoms. The summed E-state index contributed by atoms with van der Waals surface area (Å²) in [6, 6.07) is -0.832. The maximum atomic E-state index is 12.0. The summed E-state index contributed by atoms with van der Waals surface area (Å²) in [5, 5.41) is 2.54. The Morgan fingerprint density at radius 2 is 2.00 bits per heavy atom. The number of carbonyl (C=O) groups excluding carboxylic acids is 4. The van der Waals surface area contributed by atoms with Gasteiger partial charge in [0.25, 0.3) is 0 Å². The van der Waals surface area contributed by atoms with Gasteiger partial charge in [0.05, 0.1) is 23.5 Å². The van der Waals surface area contributed by atoms with E-state index >= 15 is 0 Å². The van der Waals surface area contributed by atoms with E-state index < -0.39 is 30.3 Å². The zero-order valence-corrected chi connectivity index (χ0v) is 14.1. The van der Waals surface area contributed by atoms with E-state index in [0.29, 0.717) is 31.4 Å². The summed E-state index contributed by atoms with van der Waals surface area (Å²) in [7, 11) is 2.64. The van der Waals surface area contributed by atoms with Crippen molar-refractivity contribution in [1.82, 2.24) is 14.8 Å². The van der Waals surface area contributed by atoms with Gasteiger partial charge < -0.3 is 10.1 Å². The fraction of sp³-hybridized carbons (Fsp3) is 0.308. The molecular weight excluding hydrogens is 372 g/mol. The zero-order valence-electron chi connectivity index (χ0n) is 12.5. The number of carbonyl (C=O) groups is 4. The monoisotopic (exact) mass is 384 g/mol. The van der Waals surface area contributed by atoms with Crippen LogP contribution < -0.4 is 10.1 Å². The highest BCUT2D eigenvalue weighted by Gasteiger charge is 2.43. The number of imide groups is 2. The van der Waals surface area contributed by atoms with Gasteiger partial charge in [-0.05, 0) is 28.4 Å². The maximum absolute atomic E-state index is 12.0. The summed E-state index contributed by atoms with van der Waals surface area (Å²) >= 11 is 3.30. The van der Waals surface area contributed by atoms with Crippen LogP contribution in [0, 0.1) is 6.92 Å². The van der Waals surface area contributed by atoms with Gasteiger partial charge in [-0.3, -0.25) is 19.3 Å². The van der Waals surface area contributed by atoms with Crippen molar-refractivity contribution in [1.29, 1.82) is 0 Å². The van der Waals surface area contributed by atoms with Crippen LogP contribution >= 0.6 is 15.9 Å². The molecular formula is C13H13BrN4O5. The van der Waals surface area contributed by atoms with Crippen molar-refractivity contribution >= 4 is 45.4 Å². The summed E-state index contributed by atoms with van der Waals surface area (Å²) < 4.78 is 5.60. The SMILES string of the molecule is COc1ncc(NC(=O)CN2C(=O)C(=O)N(C)C2=O)c(C)c1Br. The highest BCUT2D eigenvalue weighted by molar-refractivity contribution is 9.10. The van der Waals surface area contributed by atoms with E-state index in [4.69, 9.17) is 4.74 Å². The molecule has 0 unspecified atom stereocenters. The summed E-state index contributed by atoms with van der Waals surface area (Å²) in [6.07, 6.45) is 1.39. The van der Waals surface area contributed by atoms with Crippen LogP contribution in [0.25, 0.3) is 0 Å². The first-order valence-electron chi connectivity index (χ1n) is 6.40. The number of anilines is 1. The van der Waals surface area contributed by atoms with Crippen molar-refractivity contribution in [2.24, 2.45) is 0 Å². The number of likely N-dealkylation sites (N-methyl/N-ethyl adjacent to an activating group) is 1. The first-order valence-corrected chi connectivity index (χ1v) is 7.19. The molecule has 0 saturated carbocycles. The number of rotatable bonds is 4. The molecule has 0 atom stereocenters. The standard InChI is InChI=1S/C13H13BrN4O5/c1-6-7(4-15-10(23-3)9(6)14)16-8(19)5-18-12(21)11(20)17(2)13(18)22/h4H,5H2,1-3H3,(H,16,19). The molecule has 0 aliphatic carbocycles. The molecule has 1 aliphatic rings. The molecule has 5 amide bonds. The van der Waals surface area contributed by atoms with Gasteiger partial charge in [-0.25, -0.2) is 14.7 Å². The van der Waals surface area contributed by atoms with Crippen molar-refractivity contribution in [2.75, 3.05) is 26.0 Å². The van der Waals surface area contributed by atoms with Crippen molar-refractivity contribution in [3.05, 3.63) is 16.2 Å². The number of halogens is 1. The normalized spacial score (nSPS) is 14.5. The topological polar surface area (TPSA) is 109 Å². The van der Waals surface area contributed by atoms with E-state index in [0.717, 1.165) is 0 Å². The molecule has 1 N–H and O–H groups in total. The third-order valence-corrected chi connectivity index (χ3v) is 4.19. The van der Waals surface area contributed by atoms with E-state index in [2.05, 4.69) is 26.2 Å².